The fraction of sp³-hybridized carbons (Fsp3) is 0.600. The van der Waals surface area contributed by atoms with E-state index in [0.717, 1.165) is 24.6 Å². The molecule has 17 heavy (non-hydrogen) atoms. The lowest BCUT2D eigenvalue weighted by Gasteiger charge is -2.11. The quantitative estimate of drug-likeness (QED) is 0.677. The van der Waals surface area contributed by atoms with Gasteiger partial charge >= 0.3 is 0 Å². The first-order valence-corrected chi connectivity index (χ1v) is 6.69. The summed E-state index contributed by atoms with van der Waals surface area (Å²) in [6.07, 6.45) is 3.78. The minimum Gasteiger partial charge on any atom is -0.493 e. The average molecular weight is 235 g/mol. The predicted octanol–water partition coefficient (Wildman–Crippen LogP) is 4.32. The van der Waals surface area contributed by atoms with Crippen molar-refractivity contribution in [1.82, 2.24) is 0 Å². The normalized spacial score (nSPS) is 10.6. The molecular formula is C15H25NO. The molecule has 0 saturated carbocycles. The third-order valence-electron chi connectivity index (χ3n) is 2.53. The van der Waals surface area contributed by atoms with Gasteiger partial charge in [0.2, 0.25) is 0 Å². The van der Waals surface area contributed by atoms with Crippen LogP contribution in [0, 0.1) is 5.92 Å². The first-order valence-electron chi connectivity index (χ1n) is 6.69. The van der Waals surface area contributed by atoms with Crippen molar-refractivity contribution < 1.29 is 4.74 Å². The second kappa shape index (κ2) is 7.99. The molecule has 1 rings (SSSR count). The summed E-state index contributed by atoms with van der Waals surface area (Å²) in [5.41, 5.74) is 1.15. The monoisotopic (exact) mass is 235 g/mol. The molecule has 0 unspecified atom stereocenters. The molecule has 0 aliphatic heterocycles. The minimum absolute atomic E-state index is 0.566. The largest absolute Gasteiger partial charge is 0.493 e. The van der Waals surface area contributed by atoms with Crippen molar-refractivity contribution in [3.05, 3.63) is 24.3 Å². The molecular weight excluding hydrogens is 210 g/mol. The molecule has 0 aromatic heterocycles. The van der Waals surface area contributed by atoms with Crippen molar-refractivity contribution in [2.24, 2.45) is 5.92 Å². The van der Waals surface area contributed by atoms with Gasteiger partial charge in [-0.05, 0) is 24.5 Å². The summed E-state index contributed by atoms with van der Waals surface area (Å²) in [7, 11) is 0. The zero-order valence-electron chi connectivity index (χ0n) is 11.3. The van der Waals surface area contributed by atoms with E-state index < -0.39 is 0 Å². The average Bonchev–Trinajstić information content (AvgIpc) is 2.33. The molecule has 0 heterocycles. The topological polar surface area (TPSA) is 21.3 Å². The predicted molar refractivity (Wildman–Crippen MR) is 74.8 cm³/mol. The smallest absolute Gasteiger partial charge is 0.121 e. The number of hydrogen-bond donors (Lipinski definition) is 1. The number of ether oxygens (including phenoxy) is 1. The molecule has 2 heteroatoms. The van der Waals surface area contributed by atoms with Crippen LogP contribution >= 0.6 is 0 Å². The van der Waals surface area contributed by atoms with E-state index in [-0.39, 0.29) is 0 Å². The second-order valence-electron chi connectivity index (χ2n) is 4.87. The lowest BCUT2D eigenvalue weighted by atomic mass is 10.2. The van der Waals surface area contributed by atoms with E-state index >= 15 is 0 Å². The molecule has 0 spiro atoms. The van der Waals surface area contributed by atoms with Gasteiger partial charge in [-0.2, -0.15) is 0 Å². The Bertz CT molecular complexity index is 310. The summed E-state index contributed by atoms with van der Waals surface area (Å²) in [6.45, 7) is 8.36. The van der Waals surface area contributed by atoms with Crippen LogP contribution in [0.1, 0.15) is 40.0 Å². The first-order chi connectivity index (χ1) is 8.22. The van der Waals surface area contributed by atoms with Crippen molar-refractivity contribution >= 4 is 5.69 Å². The van der Waals surface area contributed by atoms with Crippen LogP contribution < -0.4 is 10.1 Å². The summed E-state index contributed by atoms with van der Waals surface area (Å²) < 4.78 is 5.70. The molecule has 2 nitrogen and oxygen atoms in total. The van der Waals surface area contributed by atoms with Crippen LogP contribution in [0.15, 0.2) is 24.3 Å². The maximum absolute atomic E-state index is 5.70. The van der Waals surface area contributed by atoms with Crippen molar-refractivity contribution in [2.75, 3.05) is 18.5 Å². The third kappa shape index (κ3) is 6.20. The summed E-state index contributed by atoms with van der Waals surface area (Å²) >= 11 is 0. The molecule has 0 saturated heterocycles. The van der Waals surface area contributed by atoms with Gasteiger partial charge in [0.25, 0.3) is 0 Å². The lowest BCUT2D eigenvalue weighted by Crippen LogP contribution is -2.05. The van der Waals surface area contributed by atoms with Gasteiger partial charge in [0.15, 0.2) is 0 Å². The molecule has 1 aromatic rings. The van der Waals surface area contributed by atoms with Crippen molar-refractivity contribution in [3.63, 3.8) is 0 Å². The zero-order valence-corrected chi connectivity index (χ0v) is 11.3. The second-order valence-corrected chi connectivity index (χ2v) is 4.87. The van der Waals surface area contributed by atoms with Crippen molar-refractivity contribution in [2.45, 2.75) is 40.0 Å². The third-order valence-corrected chi connectivity index (χ3v) is 2.53. The van der Waals surface area contributed by atoms with Crippen molar-refractivity contribution in [1.29, 1.82) is 0 Å². The van der Waals surface area contributed by atoms with Gasteiger partial charge in [-0.1, -0.05) is 39.7 Å². The highest BCUT2D eigenvalue weighted by atomic mass is 16.5. The van der Waals surface area contributed by atoms with Gasteiger partial charge < -0.3 is 10.1 Å². The van der Waals surface area contributed by atoms with Crippen LogP contribution in [-0.2, 0) is 0 Å². The fourth-order valence-electron chi connectivity index (χ4n) is 1.57. The van der Waals surface area contributed by atoms with Crippen LogP contribution in [0.3, 0.4) is 0 Å². The van der Waals surface area contributed by atoms with Gasteiger partial charge in [0, 0.05) is 18.3 Å². The number of anilines is 1. The molecule has 0 amide bonds. The Kier molecular flexibility index (Phi) is 6.53. The number of hydrogen-bond acceptors (Lipinski definition) is 2. The standard InChI is InChI=1S/C15H25NO/c1-4-5-6-10-16-14-8-7-9-15(11-14)17-12-13(2)3/h7-9,11,13,16H,4-6,10,12H2,1-3H3. The minimum atomic E-state index is 0.566. The van der Waals surface area contributed by atoms with E-state index in [1.165, 1.54) is 19.3 Å². The van der Waals surface area contributed by atoms with E-state index in [2.05, 4.69) is 38.2 Å². The number of nitrogens with one attached hydrogen (secondary N) is 1. The van der Waals surface area contributed by atoms with Crippen LogP contribution in [0.2, 0.25) is 0 Å². The number of unbranched alkanes of at least 4 members (excludes halogenated alkanes) is 2. The van der Waals surface area contributed by atoms with Gasteiger partial charge in [-0.25, -0.2) is 0 Å². The van der Waals surface area contributed by atoms with Gasteiger partial charge in [-0.15, -0.1) is 0 Å². The Hall–Kier alpha value is -1.18. The van der Waals surface area contributed by atoms with E-state index in [4.69, 9.17) is 4.74 Å². The Morgan fingerprint density at radius 1 is 1.24 bits per heavy atom. The molecule has 96 valence electrons. The van der Waals surface area contributed by atoms with Gasteiger partial charge in [0.05, 0.1) is 6.61 Å². The molecule has 1 N–H and O–H groups in total. The molecule has 0 radical (unpaired) electrons. The SMILES string of the molecule is CCCCCNc1cccc(OCC(C)C)c1. The van der Waals surface area contributed by atoms with E-state index in [0.29, 0.717) is 5.92 Å². The highest BCUT2D eigenvalue weighted by Crippen LogP contribution is 2.18. The van der Waals surface area contributed by atoms with Crippen LogP contribution in [0.4, 0.5) is 5.69 Å². The lowest BCUT2D eigenvalue weighted by molar-refractivity contribution is 0.271. The maximum Gasteiger partial charge on any atom is 0.121 e. The summed E-state index contributed by atoms with van der Waals surface area (Å²) in [5, 5.41) is 3.43. The Labute approximate surface area is 105 Å². The number of benzene rings is 1. The Balaban J connectivity index is 2.37. The highest BCUT2D eigenvalue weighted by Gasteiger charge is 1.98. The Morgan fingerprint density at radius 2 is 2.06 bits per heavy atom. The van der Waals surface area contributed by atoms with Gasteiger partial charge in [-0.3, -0.25) is 0 Å². The highest BCUT2D eigenvalue weighted by molar-refractivity contribution is 5.48. The van der Waals surface area contributed by atoms with E-state index in [1.54, 1.807) is 0 Å². The molecule has 0 bridgehead atoms. The molecule has 0 aliphatic rings. The van der Waals surface area contributed by atoms with Crippen LogP contribution in [0.5, 0.6) is 5.75 Å². The van der Waals surface area contributed by atoms with Crippen LogP contribution in [-0.4, -0.2) is 13.2 Å². The van der Waals surface area contributed by atoms with Crippen LogP contribution in [0.25, 0.3) is 0 Å². The zero-order chi connectivity index (χ0) is 12.5. The molecule has 0 aliphatic carbocycles. The maximum atomic E-state index is 5.70. The van der Waals surface area contributed by atoms with E-state index in [9.17, 15) is 0 Å². The summed E-state index contributed by atoms with van der Waals surface area (Å²) in [4.78, 5) is 0. The summed E-state index contributed by atoms with van der Waals surface area (Å²) in [6, 6.07) is 8.22. The Morgan fingerprint density at radius 3 is 2.76 bits per heavy atom. The van der Waals surface area contributed by atoms with E-state index in [1.807, 2.05) is 12.1 Å². The first kappa shape index (κ1) is 13.9. The van der Waals surface area contributed by atoms with Crippen molar-refractivity contribution in [3.8, 4) is 5.75 Å². The van der Waals surface area contributed by atoms with Gasteiger partial charge in [0.1, 0.15) is 5.75 Å². The summed E-state index contributed by atoms with van der Waals surface area (Å²) in [5.74, 6) is 1.52. The molecule has 1 aromatic carbocycles. The molecule has 0 fully saturated rings. The fourth-order valence-corrected chi connectivity index (χ4v) is 1.57. The molecule has 0 atom stereocenters. The number of rotatable bonds is 8.